The molecule has 5 nitrogen and oxygen atoms in total. The number of rotatable bonds is 4. The van der Waals surface area contributed by atoms with Crippen LogP contribution in [0.25, 0.3) is 0 Å². The molecule has 0 aromatic rings. The second-order valence-corrected chi connectivity index (χ2v) is 13.6. The number of aliphatic hydroxyl groups is 1. The zero-order valence-electron chi connectivity index (χ0n) is 23.3. The minimum Gasteiger partial charge on any atom is -0.393 e. The minimum absolute atomic E-state index is 0.122. The Labute approximate surface area is 219 Å². The third kappa shape index (κ3) is 4.56. The standard InChI is InChI=1S/C31H50N2O3/c1-21(6-11-29(36)33-17-5-16-32(18-19-33)22(2)34)26-9-10-27-25-8-7-23-20-24(35)12-14-30(23,3)28(25)13-15-31(26,27)4/h7,21,24-28,35H,5-6,8-20H2,1-4H3/t21-,24+,25+,26-,27+,28+,30+,31-/m1/s1. The van der Waals surface area contributed by atoms with Crippen LogP contribution in [0.2, 0.25) is 0 Å². The molecule has 36 heavy (non-hydrogen) atoms. The number of nitrogens with zero attached hydrogens (tertiary/aromatic N) is 2. The van der Waals surface area contributed by atoms with Gasteiger partial charge in [0.25, 0.3) is 0 Å². The molecule has 1 saturated heterocycles. The minimum atomic E-state index is -0.128. The van der Waals surface area contributed by atoms with Crippen molar-refractivity contribution in [2.75, 3.05) is 26.2 Å². The summed E-state index contributed by atoms with van der Waals surface area (Å²) in [5.41, 5.74) is 2.28. The van der Waals surface area contributed by atoms with E-state index in [9.17, 15) is 14.7 Å². The van der Waals surface area contributed by atoms with Gasteiger partial charge in [-0.15, -0.1) is 0 Å². The monoisotopic (exact) mass is 498 g/mol. The number of carbonyl (C=O) groups is 2. The molecule has 1 N–H and O–H groups in total. The highest BCUT2D eigenvalue weighted by atomic mass is 16.3. The first-order chi connectivity index (χ1) is 17.1. The molecule has 1 heterocycles. The predicted molar refractivity (Wildman–Crippen MR) is 143 cm³/mol. The number of allylic oxidation sites excluding steroid dienone is 1. The topological polar surface area (TPSA) is 60.9 Å². The van der Waals surface area contributed by atoms with Crippen LogP contribution < -0.4 is 0 Å². The van der Waals surface area contributed by atoms with E-state index < -0.39 is 0 Å². The SMILES string of the molecule is CC(=O)N1CCCN(C(=O)CC[C@@H](C)[C@H]2CC[C@H]3[C@@H]4CC=C5C[C@@H](O)CC[C@]5(C)[C@H]4CC[C@]23C)CC1. The van der Waals surface area contributed by atoms with Crippen LogP contribution >= 0.6 is 0 Å². The molecule has 1 aliphatic heterocycles. The summed E-state index contributed by atoms with van der Waals surface area (Å²) in [5.74, 6) is 4.11. The molecule has 0 aromatic heterocycles. The van der Waals surface area contributed by atoms with E-state index in [0.717, 1.165) is 68.9 Å². The molecule has 8 atom stereocenters. The number of carbonyl (C=O) groups excluding carboxylic acids is 2. The van der Waals surface area contributed by atoms with E-state index in [4.69, 9.17) is 0 Å². The molecule has 2 amide bonds. The summed E-state index contributed by atoms with van der Waals surface area (Å²) < 4.78 is 0. The fourth-order valence-electron chi connectivity index (χ4n) is 9.81. The zero-order valence-corrected chi connectivity index (χ0v) is 23.3. The summed E-state index contributed by atoms with van der Waals surface area (Å²) in [4.78, 5) is 28.7. The smallest absolute Gasteiger partial charge is 0.222 e. The highest BCUT2D eigenvalue weighted by Crippen LogP contribution is 2.67. The van der Waals surface area contributed by atoms with E-state index in [0.29, 0.717) is 36.3 Å². The molecule has 5 heteroatoms. The van der Waals surface area contributed by atoms with Crippen LogP contribution in [0.4, 0.5) is 0 Å². The number of aliphatic hydroxyl groups excluding tert-OH is 1. The molecular weight excluding hydrogens is 448 g/mol. The Morgan fingerprint density at radius 1 is 1.03 bits per heavy atom. The quantitative estimate of drug-likeness (QED) is 0.526. The maximum Gasteiger partial charge on any atom is 0.222 e. The molecule has 5 rings (SSSR count). The van der Waals surface area contributed by atoms with Gasteiger partial charge in [0.1, 0.15) is 0 Å². The Hall–Kier alpha value is -1.36. The number of fused-ring (bicyclic) bond motifs is 5. The van der Waals surface area contributed by atoms with Gasteiger partial charge in [-0.2, -0.15) is 0 Å². The van der Waals surface area contributed by atoms with Crippen LogP contribution in [0.5, 0.6) is 0 Å². The Morgan fingerprint density at radius 2 is 1.78 bits per heavy atom. The van der Waals surface area contributed by atoms with Crippen LogP contribution in [0, 0.1) is 40.4 Å². The number of amides is 2. The predicted octanol–water partition coefficient (Wildman–Crippen LogP) is 5.42. The van der Waals surface area contributed by atoms with Crippen molar-refractivity contribution < 1.29 is 14.7 Å². The van der Waals surface area contributed by atoms with Gasteiger partial charge in [0.05, 0.1) is 6.10 Å². The average Bonchev–Trinajstić information content (AvgIpc) is 3.02. The molecule has 202 valence electrons. The van der Waals surface area contributed by atoms with Gasteiger partial charge >= 0.3 is 0 Å². The Kier molecular flexibility index (Phi) is 7.35. The van der Waals surface area contributed by atoms with Gasteiger partial charge in [-0.25, -0.2) is 0 Å². The third-order valence-corrected chi connectivity index (χ3v) is 11.9. The van der Waals surface area contributed by atoms with Crippen LogP contribution in [0.1, 0.15) is 98.3 Å². The molecule has 4 aliphatic carbocycles. The van der Waals surface area contributed by atoms with Crippen molar-refractivity contribution in [3.8, 4) is 0 Å². The van der Waals surface area contributed by atoms with E-state index in [1.165, 1.54) is 32.1 Å². The van der Waals surface area contributed by atoms with Gasteiger partial charge in [-0.05, 0) is 105 Å². The molecule has 3 saturated carbocycles. The van der Waals surface area contributed by atoms with Crippen LogP contribution in [0.3, 0.4) is 0 Å². The maximum absolute atomic E-state index is 13.1. The van der Waals surface area contributed by atoms with E-state index in [-0.39, 0.29) is 17.9 Å². The summed E-state index contributed by atoms with van der Waals surface area (Å²) in [6.45, 7) is 12.1. The highest BCUT2D eigenvalue weighted by Gasteiger charge is 2.59. The summed E-state index contributed by atoms with van der Waals surface area (Å²) in [6, 6.07) is 0. The van der Waals surface area contributed by atoms with E-state index in [2.05, 4.69) is 26.8 Å². The van der Waals surface area contributed by atoms with Gasteiger partial charge in [0, 0.05) is 39.5 Å². The first-order valence-electron chi connectivity index (χ1n) is 15.0. The Bertz CT molecular complexity index is 885. The molecule has 4 fully saturated rings. The Balaban J connectivity index is 1.20. The molecule has 0 bridgehead atoms. The maximum atomic E-state index is 13.1. The van der Waals surface area contributed by atoms with Crippen LogP contribution in [-0.4, -0.2) is 59.0 Å². The highest BCUT2D eigenvalue weighted by molar-refractivity contribution is 5.76. The fourth-order valence-corrected chi connectivity index (χ4v) is 9.81. The molecular formula is C31H50N2O3. The lowest BCUT2D eigenvalue weighted by Gasteiger charge is -2.58. The number of hydrogen-bond donors (Lipinski definition) is 1. The van der Waals surface area contributed by atoms with Crippen molar-refractivity contribution in [2.24, 2.45) is 40.4 Å². The van der Waals surface area contributed by atoms with Crippen molar-refractivity contribution in [1.82, 2.24) is 9.80 Å². The Morgan fingerprint density at radius 3 is 2.56 bits per heavy atom. The van der Waals surface area contributed by atoms with Crippen molar-refractivity contribution in [3.05, 3.63) is 11.6 Å². The fraction of sp³-hybridized carbons (Fsp3) is 0.871. The molecule has 0 unspecified atom stereocenters. The summed E-state index contributed by atoms with van der Waals surface area (Å²) in [6.07, 6.45) is 14.5. The summed E-state index contributed by atoms with van der Waals surface area (Å²) in [5, 5.41) is 10.3. The molecule has 0 aromatic carbocycles. The first kappa shape index (κ1) is 26.3. The molecule has 0 radical (unpaired) electrons. The zero-order chi connectivity index (χ0) is 25.7. The third-order valence-electron chi connectivity index (χ3n) is 11.9. The van der Waals surface area contributed by atoms with Gasteiger partial charge < -0.3 is 14.9 Å². The van der Waals surface area contributed by atoms with Crippen molar-refractivity contribution >= 4 is 11.8 Å². The summed E-state index contributed by atoms with van der Waals surface area (Å²) in [7, 11) is 0. The lowest BCUT2D eigenvalue weighted by atomic mass is 9.47. The normalized spacial score (nSPS) is 41.5. The van der Waals surface area contributed by atoms with Crippen molar-refractivity contribution in [2.45, 2.75) is 104 Å². The van der Waals surface area contributed by atoms with E-state index >= 15 is 0 Å². The number of hydrogen-bond acceptors (Lipinski definition) is 3. The van der Waals surface area contributed by atoms with Gasteiger partial charge in [0.2, 0.25) is 11.8 Å². The van der Waals surface area contributed by atoms with Gasteiger partial charge in [-0.1, -0.05) is 32.4 Å². The van der Waals surface area contributed by atoms with Gasteiger partial charge in [-0.3, -0.25) is 9.59 Å². The van der Waals surface area contributed by atoms with Crippen LogP contribution in [-0.2, 0) is 9.59 Å². The average molecular weight is 499 g/mol. The van der Waals surface area contributed by atoms with E-state index in [1.807, 2.05) is 9.80 Å². The van der Waals surface area contributed by atoms with E-state index in [1.54, 1.807) is 12.5 Å². The van der Waals surface area contributed by atoms with Crippen LogP contribution in [0.15, 0.2) is 11.6 Å². The second-order valence-electron chi connectivity index (χ2n) is 13.6. The lowest BCUT2D eigenvalue weighted by molar-refractivity contribution is -0.133. The lowest BCUT2D eigenvalue weighted by Crippen LogP contribution is -2.50. The largest absolute Gasteiger partial charge is 0.393 e. The first-order valence-corrected chi connectivity index (χ1v) is 15.0. The van der Waals surface area contributed by atoms with Crippen molar-refractivity contribution in [1.29, 1.82) is 0 Å². The van der Waals surface area contributed by atoms with Gasteiger partial charge in [0.15, 0.2) is 0 Å². The molecule has 0 spiro atoms. The summed E-state index contributed by atoms with van der Waals surface area (Å²) >= 11 is 0. The second kappa shape index (κ2) is 10.1. The van der Waals surface area contributed by atoms with Crippen molar-refractivity contribution in [3.63, 3.8) is 0 Å². The molecule has 5 aliphatic rings.